The normalized spacial score (nSPS) is 12.9. The molecule has 4 heteroatoms. The van der Waals surface area contributed by atoms with E-state index in [9.17, 15) is 4.79 Å². The first-order valence-electron chi connectivity index (χ1n) is 5.72. The molecule has 2 amide bonds. The number of anilines is 2. The van der Waals surface area contributed by atoms with Crippen LogP contribution in [0.1, 0.15) is 27.7 Å². The van der Waals surface area contributed by atoms with E-state index in [4.69, 9.17) is 5.73 Å². The Morgan fingerprint density at radius 2 is 1.76 bits per heavy atom. The highest BCUT2D eigenvalue weighted by Crippen LogP contribution is 2.18. The second kappa shape index (κ2) is 5.08. The van der Waals surface area contributed by atoms with E-state index in [1.165, 1.54) is 0 Å². The molecule has 0 radical (unpaired) electrons. The fourth-order valence-electron chi connectivity index (χ4n) is 1.15. The first-order chi connectivity index (χ1) is 7.79. The number of nitrogens with two attached hydrogens (primary N) is 1. The van der Waals surface area contributed by atoms with E-state index in [0.29, 0.717) is 5.69 Å². The minimum atomic E-state index is -0.197. The van der Waals surface area contributed by atoms with E-state index < -0.39 is 0 Å². The van der Waals surface area contributed by atoms with Crippen molar-refractivity contribution in [3.63, 3.8) is 0 Å². The van der Waals surface area contributed by atoms with Gasteiger partial charge in [0.1, 0.15) is 0 Å². The molecular weight excluding hydrogens is 214 g/mol. The summed E-state index contributed by atoms with van der Waals surface area (Å²) in [5, 5.41) is 5.67. The van der Waals surface area contributed by atoms with Crippen LogP contribution in [0.4, 0.5) is 16.2 Å². The molecular formula is C13H21N3O. The lowest BCUT2D eigenvalue weighted by Gasteiger charge is -2.28. The molecule has 0 spiro atoms. The predicted octanol–water partition coefficient (Wildman–Crippen LogP) is 2.82. The van der Waals surface area contributed by atoms with Gasteiger partial charge in [-0.1, -0.05) is 20.8 Å². The van der Waals surface area contributed by atoms with Crippen molar-refractivity contribution in [1.29, 1.82) is 0 Å². The number of amides is 2. The zero-order chi connectivity index (χ0) is 13.1. The van der Waals surface area contributed by atoms with Gasteiger partial charge >= 0.3 is 6.03 Å². The second-order valence-electron chi connectivity index (χ2n) is 5.31. The molecule has 17 heavy (non-hydrogen) atoms. The van der Waals surface area contributed by atoms with Crippen molar-refractivity contribution in [2.24, 2.45) is 5.41 Å². The van der Waals surface area contributed by atoms with Gasteiger partial charge in [-0.15, -0.1) is 0 Å². The summed E-state index contributed by atoms with van der Waals surface area (Å²) in [5.41, 5.74) is 7.02. The summed E-state index contributed by atoms with van der Waals surface area (Å²) in [4.78, 5) is 11.7. The summed E-state index contributed by atoms with van der Waals surface area (Å²) in [6.45, 7) is 8.24. The lowest BCUT2D eigenvalue weighted by Crippen LogP contribution is -2.43. The zero-order valence-corrected chi connectivity index (χ0v) is 10.9. The molecule has 0 aliphatic heterocycles. The SMILES string of the molecule is CC(NC(=O)Nc1ccc(N)cc1)C(C)(C)C. The van der Waals surface area contributed by atoms with E-state index in [2.05, 4.69) is 31.4 Å². The van der Waals surface area contributed by atoms with Crippen LogP contribution in [0.3, 0.4) is 0 Å². The number of carbonyl (C=O) groups excluding carboxylic acids is 1. The highest BCUT2D eigenvalue weighted by atomic mass is 16.2. The van der Waals surface area contributed by atoms with Crippen LogP contribution < -0.4 is 16.4 Å². The Morgan fingerprint density at radius 3 is 2.24 bits per heavy atom. The van der Waals surface area contributed by atoms with Crippen molar-refractivity contribution < 1.29 is 4.79 Å². The fraction of sp³-hybridized carbons (Fsp3) is 0.462. The molecule has 0 saturated carbocycles. The predicted molar refractivity (Wildman–Crippen MR) is 71.9 cm³/mol. The lowest BCUT2D eigenvalue weighted by molar-refractivity contribution is 0.233. The van der Waals surface area contributed by atoms with E-state index in [1.807, 2.05) is 6.92 Å². The van der Waals surface area contributed by atoms with Gasteiger partial charge in [-0.2, -0.15) is 0 Å². The molecule has 0 saturated heterocycles. The molecule has 0 heterocycles. The van der Waals surface area contributed by atoms with Gasteiger partial charge < -0.3 is 16.4 Å². The molecule has 0 aromatic heterocycles. The number of nitrogen functional groups attached to an aromatic ring is 1. The van der Waals surface area contributed by atoms with Crippen LogP contribution in [0, 0.1) is 5.41 Å². The van der Waals surface area contributed by atoms with Gasteiger partial charge in [0.15, 0.2) is 0 Å². The summed E-state index contributed by atoms with van der Waals surface area (Å²) in [6.07, 6.45) is 0. The number of benzene rings is 1. The van der Waals surface area contributed by atoms with Gasteiger partial charge in [0.05, 0.1) is 0 Å². The minimum absolute atomic E-state index is 0.0401. The summed E-state index contributed by atoms with van der Waals surface area (Å²) < 4.78 is 0. The monoisotopic (exact) mass is 235 g/mol. The fourth-order valence-corrected chi connectivity index (χ4v) is 1.15. The molecule has 0 aliphatic carbocycles. The van der Waals surface area contributed by atoms with Gasteiger partial charge in [-0.25, -0.2) is 4.79 Å². The van der Waals surface area contributed by atoms with Crippen molar-refractivity contribution in [1.82, 2.24) is 5.32 Å². The first kappa shape index (κ1) is 13.4. The largest absolute Gasteiger partial charge is 0.399 e. The number of hydrogen-bond acceptors (Lipinski definition) is 2. The third-order valence-corrected chi connectivity index (χ3v) is 2.82. The van der Waals surface area contributed by atoms with Gasteiger partial charge in [0.25, 0.3) is 0 Å². The summed E-state index contributed by atoms with van der Waals surface area (Å²) in [6, 6.07) is 6.95. The number of carbonyl (C=O) groups is 1. The number of hydrogen-bond donors (Lipinski definition) is 3. The van der Waals surface area contributed by atoms with Crippen LogP contribution in [0.2, 0.25) is 0 Å². The molecule has 94 valence electrons. The zero-order valence-electron chi connectivity index (χ0n) is 10.9. The Balaban J connectivity index is 2.53. The van der Waals surface area contributed by atoms with Crippen LogP contribution >= 0.6 is 0 Å². The maximum Gasteiger partial charge on any atom is 0.319 e. The molecule has 0 bridgehead atoms. The van der Waals surface area contributed by atoms with Crippen LogP contribution in [0.25, 0.3) is 0 Å². The third-order valence-electron chi connectivity index (χ3n) is 2.82. The van der Waals surface area contributed by atoms with Gasteiger partial charge in [-0.3, -0.25) is 0 Å². The van der Waals surface area contributed by atoms with Crippen LogP contribution in [0.5, 0.6) is 0 Å². The Morgan fingerprint density at radius 1 is 1.24 bits per heavy atom. The number of rotatable bonds is 2. The van der Waals surface area contributed by atoms with Crippen LogP contribution in [-0.4, -0.2) is 12.1 Å². The highest BCUT2D eigenvalue weighted by molar-refractivity contribution is 5.89. The van der Waals surface area contributed by atoms with Gasteiger partial charge in [0.2, 0.25) is 0 Å². The van der Waals surface area contributed by atoms with Crippen molar-refractivity contribution in [2.75, 3.05) is 11.1 Å². The van der Waals surface area contributed by atoms with Crippen LogP contribution in [-0.2, 0) is 0 Å². The lowest BCUT2D eigenvalue weighted by atomic mass is 9.88. The average Bonchev–Trinajstić information content (AvgIpc) is 2.20. The maximum atomic E-state index is 11.7. The minimum Gasteiger partial charge on any atom is -0.399 e. The Kier molecular flexibility index (Phi) is 3.99. The molecule has 4 nitrogen and oxygen atoms in total. The highest BCUT2D eigenvalue weighted by Gasteiger charge is 2.21. The molecule has 4 N–H and O–H groups in total. The number of nitrogens with one attached hydrogen (secondary N) is 2. The smallest absolute Gasteiger partial charge is 0.319 e. The summed E-state index contributed by atoms with van der Waals surface area (Å²) in [7, 11) is 0. The molecule has 0 aliphatic rings. The maximum absolute atomic E-state index is 11.7. The van der Waals surface area contributed by atoms with E-state index in [1.54, 1.807) is 24.3 Å². The van der Waals surface area contributed by atoms with Gasteiger partial charge in [0, 0.05) is 17.4 Å². The molecule has 1 atom stereocenters. The summed E-state index contributed by atoms with van der Waals surface area (Å²) in [5.74, 6) is 0. The molecule has 1 rings (SSSR count). The van der Waals surface area contributed by atoms with E-state index >= 15 is 0 Å². The van der Waals surface area contributed by atoms with Crippen molar-refractivity contribution in [3.8, 4) is 0 Å². The van der Waals surface area contributed by atoms with Crippen molar-refractivity contribution in [3.05, 3.63) is 24.3 Å². The summed E-state index contributed by atoms with van der Waals surface area (Å²) >= 11 is 0. The van der Waals surface area contributed by atoms with Crippen molar-refractivity contribution in [2.45, 2.75) is 33.7 Å². The van der Waals surface area contributed by atoms with Crippen LogP contribution in [0.15, 0.2) is 24.3 Å². The van der Waals surface area contributed by atoms with E-state index in [0.717, 1.165) is 5.69 Å². The standard InChI is InChI=1S/C13H21N3O/c1-9(13(2,3)4)15-12(17)16-11-7-5-10(14)6-8-11/h5-9H,14H2,1-4H3,(H2,15,16,17). The molecule has 1 aromatic rings. The van der Waals surface area contributed by atoms with E-state index in [-0.39, 0.29) is 17.5 Å². The molecule has 1 unspecified atom stereocenters. The quantitative estimate of drug-likeness (QED) is 0.690. The van der Waals surface area contributed by atoms with Gasteiger partial charge in [-0.05, 0) is 36.6 Å². The molecule has 1 aromatic carbocycles. The average molecular weight is 235 g/mol. The third kappa shape index (κ3) is 4.34. The van der Waals surface area contributed by atoms with Crippen molar-refractivity contribution >= 4 is 17.4 Å². The Hall–Kier alpha value is -1.71. The Labute approximate surface area is 103 Å². The Bertz CT molecular complexity index is 379. The number of urea groups is 1. The second-order valence-corrected chi connectivity index (χ2v) is 5.31. The first-order valence-corrected chi connectivity index (χ1v) is 5.72. The molecule has 0 fully saturated rings. The topological polar surface area (TPSA) is 67.2 Å².